The highest BCUT2D eigenvalue weighted by Crippen LogP contribution is 2.16. The molecular formula is C7H11ClO2. The molecule has 0 saturated carbocycles. The molecule has 3 heteroatoms. The molecule has 0 heterocycles. The predicted octanol–water partition coefficient (Wildman–Crippen LogP) is 2.24. The van der Waals surface area contributed by atoms with Crippen molar-refractivity contribution in [3.05, 3.63) is 11.6 Å². The fraction of sp³-hybridized carbons (Fsp3) is 0.571. The average Bonchev–Trinajstić information content (AvgIpc) is 1.81. The maximum atomic E-state index is 10.4. The Morgan fingerprint density at radius 1 is 1.80 bits per heavy atom. The minimum atomic E-state index is -0.802. The summed E-state index contributed by atoms with van der Waals surface area (Å²) in [6.45, 7) is 5.25. The van der Waals surface area contributed by atoms with Crippen LogP contribution >= 0.6 is 11.6 Å². The summed E-state index contributed by atoms with van der Waals surface area (Å²) >= 11 is 5.44. The summed E-state index contributed by atoms with van der Waals surface area (Å²) in [5, 5.41) is 8.93. The van der Waals surface area contributed by atoms with E-state index in [0.717, 1.165) is 0 Å². The molecule has 58 valence electrons. The lowest BCUT2D eigenvalue weighted by atomic mass is 10.0. The van der Waals surface area contributed by atoms with E-state index in [0.29, 0.717) is 17.9 Å². The van der Waals surface area contributed by atoms with Gasteiger partial charge in [-0.2, -0.15) is 0 Å². The van der Waals surface area contributed by atoms with Crippen molar-refractivity contribution < 1.29 is 9.90 Å². The second kappa shape index (κ2) is 4.34. The minimum absolute atomic E-state index is 0.368. The summed E-state index contributed by atoms with van der Waals surface area (Å²) < 4.78 is 0. The standard InChI is InChI=1S/C7H11ClO2/c1-3-6(7(9)10)4-5(2)8/h6H,2-4H2,1H3,(H,9,10). The quantitative estimate of drug-likeness (QED) is 0.689. The topological polar surface area (TPSA) is 37.3 Å². The third-order valence-electron chi connectivity index (χ3n) is 1.31. The van der Waals surface area contributed by atoms with E-state index in [9.17, 15) is 4.79 Å². The van der Waals surface area contributed by atoms with Crippen LogP contribution in [0.4, 0.5) is 0 Å². The summed E-state index contributed by atoms with van der Waals surface area (Å²) in [5.74, 6) is -1.17. The van der Waals surface area contributed by atoms with Crippen LogP contribution in [0.2, 0.25) is 0 Å². The Labute approximate surface area is 65.5 Å². The van der Waals surface area contributed by atoms with E-state index in [1.54, 1.807) is 0 Å². The third kappa shape index (κ3) is 3.51. The van der Waals surface area contributed by atoms with E-state index in [1.807, 2.05) is 6.92 Å². The van der Waals surface area contributed by atoms with Gasteiger partial charge < -0.3 is 5.11 Å². The summed E-state index contributed by atoms with van der Waals surface area (Å²) in [5.41, 5.74) is 0. The molecule has 1 unspecified atom stereocenters. The molecule has 0 radical (unpaired) electrons. The van der Waals surface area contributed by atoms with Gasteiger partial charge in [0.1, 0.15) is 0 Å². The first-order chi connectivity index (χ1) is 4.57. The molecule has 0 spiro atoms. The number of allylic oxidation sites excluding steroid dienone is 1. The van der Waals surface area contributed by atoms with Gasteiger partial charge in [0.05, 0.1) is 5.92 Å². The van der Waals surface area contributed by atoms with Crippen molar-refractivity contribution in [1.29, 1.82) is 0 Å². The molecule has 0 aromatic heterocycles. The molecule has 0 aliphatic carbocycles. The smallest absolute Gasteiger partial charge is 0.306 e. The van der Waals surface area contributed by atoms with Crippen molar-refractivity contribution in [3.63, 3.8) is 0 Å². The van der Waals surface area contributed by atoms with Crippen molar-refractivity contribution in [1.82, 2.24) is 0 Å². The van der Waals surface area contributed by atoms with Crippen molar-refractivity contribution in [2.75, 3.05) is 0 Å². The van der Waals surface area contributed by atoms with Gasteiger partial charge in [0, 0.05) is 5.03 Å². The SMILES string of the molecule is C=C(Cl)CC(CC)C(=O)O. The Hall–Kier alpha value is -0.500. The number of aliphatic carboxylic acids is 1. The van der Waals surface area contributed by atoms with Gasteiger partial charge in [0.25, 0.3) is 0 Å². The molecule has 0 fully saturated rings. The zero-order valence-electron chi connectivity index (χ0n) is 5.93. The van der Waals surface area contributed by atoms with Crippen LogP contribution in [0.25, 0.3) is 0 Å². The summed E-state index contributed by atoms with van der Waals surface area (Å²) in [6, 6.07) is 0. The number of halogens is 1. The highest BCUT2D eigenvalue weighted by Gasteiger charge is 2.14. The molecule has 2 nitrogen and oxygen atoms in total. The van der Waals surface area contributed by atoms with Gasteiger partial charge in [-0.25, -0.2) is 0 Å². The first-order valence-corrected chi connectivity index (χ1v) is 3.51. The Bertz CT molecular complexity index is 143. The van der Waals surface area contributed by atoms with Crippen LogP contribution in [0.1, 0.15) is 19.8 Å². The molecule has 0 aromatic rings. The van der Waals surface area contributed by atoms with Gasteiger partial charge in [0.2, 0.25) is 0 Å². The molecule has 0 aromatic carbocycles. The van der Waals surface area contributed by atoms with E-state index in [4.69, 9.17) is 16.7 Å². The van der Waals surface area contributed by atoms with Gasteiger partial charge in [-0.05, 0) is 12.8 Å². The van der Waals surface area contributed by atoms with Crippen LogP contribution < -0.4 is 0 Å². The number of hydrogen-bond acceptors (Lipinski definition) is 1. The maximum absolute atomic E-state index is 10.4. The lowest BCUT2D eigenvalue weighted by Gasteiger charge is -2.06. The highest BCUT2D eigenvalue weighted by molar-refractivity contribution is 6.29. The molecule has 0 aliphatic rings. The van der Waals surface area contributed by atoms with E-state index in [2.05, 4.69) is 6.58 Å². The van der Waals surface area contributed by atoms with E-state index < -0.39 is 5.97 Å². The van der Waals surface area contributed by atoms with E-state index in [-0.39, 0.29) is 5.92 Å². The lowest BCUT2D eigenvalue weighted by molar-refractivity contribution is -0.141. The van der Waals surface area contributed by atoms with Crippen molar-refractivity contribution in [2.24, 2.45) is 5.92 Å². The molecule has 0 saturated heterocycles. The average molecular weight is 163 g/mol. The van der Waals surface area contributed by atoms with Gasteiger partial charge in [-0.3, -0.25) is 4.79 Å². The van der Waals surface area contributed by atoms with E-state index in [1.165, 1.54) is 0 Å². The molecule has 0 amide bonds. The van der Waals surface area contributed by atoms with E-state index >= 15 is 0 Å². The largest absolute Gasteiger partial charge is 0.481 e. The summed E-state index contributed by atoms with van der Waals surface area (Å²) in [4.78, 5) is 10.4. The molecule has 0 bridgehead atoms. The first-order valence-electron chi connectivity index (χ1n) is 3.14. The Morgan fingerprint density at radius 3 is 2.40 bits per heavy atom. The van der Waals surface area contributed by atoms with Crippen LogP contribution in [-0.2, 0) is 4.79 Å². The summed E-state index contributed by atoms with van der Waals surface area (Å²) in [6.07, 6.45) is 0.967. The zero-order valence-corrected chi connectivity index (χ0v) is 6.69. The molecule has 1 atom stereocenters. The van der Waals surface area contributed by atoms with Crippen LogP contribution in [0.15, 0.2) is 11.6 Å². The van der Waals surface area contributed by atoms with Crippen molar-refractivity contribution in [3.8, 4) is 0 Å². The highest BCUT2D eigenvalue weighted by atomic mass is 35.5. The minimum Gasteiger partial charge on any atom is -0.481 e. The number of rotatable bonds is 4. The second-order valence-corrected chi connectivity index (χ2v) is 2.70. The molecule has 0 rings (SSSR count). The lowest BCUT2D eigenvalue weighted by Crippen LogP contribution is -2.11. The zero-order chi connectivity index (χ0) is 8.15. The van der Waals surface area contributed by atoms with Gasteiger partial charge in [0.15, 0.2) is 0 Å². The van der Waals surface area contributed by atoms with Gasteiger partial charge in [-0.1, -0.05) is 25.1 Å². The fourth-order valence-electron chi connectivity index (χ4n) is 0.674. The number of hydrogen-bond donors (Lipinski definition) is 1. The Balaban J connectivity index is 3.83. The molecule has 0 aliphatic heterocycles. The fourth-order valence-corrected chi connectivity index (χ4v) is 0.860. The van der Waals surface area contributed by atoms with Crippen LogP contribution in [0.5, 0.6) is 0 Å². The Morgan fingerprint density at radius 2 is 2.30 bits per heavy atom. The number of carboxylic acid groups (broad SMARTS) is 1. The predicted molar refractivity (Wildman–Crippen MR) is 41.0 cm³/mol. The number of carboxylic acids is 1. The monoisotopic (exact) mass is 162 g/mol. The number of carbonyl (C=O) groups is 1. The van der Waals surface area contributed by atoms with Crippen LogP contribution in [0, 0.1) is 5.92 Å². The second-order valence-electron chi connectivity index (χ2n) is 2.16. The molecular weight excluding hydrogens is 152 g/mol. The summed E-state index contributed by atoms with van der Waals surface area (Å²) in [7, 11) is 0. The molecule has 1 N–H and O–H groups in total. The van der Waals surface area contributed by atoms with Gasteiger partial charge >= 0.3 is 5.97 Å². The van der Waals surface area contributed by atoms with Crippen molar-refractivity contribution >= 4 is 17.6 Å². The molecule has 10 heavy (non-hydrogen) atoms. The Kier molecular flexibility index (Phi) is 4.12. The first kappa shape index (κ1) is 9.50. The normalized spacial score (nSPS) is 12.6. The third-order valence-corrected chi connectivity index (χ3v) is 1.46. The van der Waals surface area contributed by atoms with Crippen LogP contribution in [0.3, 0.4) is 0 Å². The maximum Gasteiger partial charge on any atom is 0.306 e. The van der Waals surface area contributed by atoms with Crippen LogP contribution in [-0.4, -0.2) is 11.1 Å². The van der Waals surface area contributed by atoms with Gasteiger partial charge in [-0.15, -0.1) is 0 Å². The van der Waals surface area contributed by atoms with Crippen molar-refractivity contribution in [2.45, 2.75) is 19.8 Å².